The number of aromatic nitrogens is 2. The molecular formula is C14H18N6O. The van der Waals surface area contributed by atoms with E-state index in [1.165, 1.54) is 24.6 Å². The number of fused-ring (bicyclic) bond motifs is 1. The highest BCUT2D eigenvalue weighted by Gasteiger charge is 2.24. The number of pyridine rings is 1. The molecule has 0 aliphatic heterocycles. The highest BCUT2D eigenvalue weighted by Crippen LogP contribution is 2.40. The van der Waals surface area contributed by atoms with Gasteiger partial charge in [0.1, 0.15) is 5.71 Å². The van der Waals surface area contributed by atoms with E-state index < -0.39 is 0 Å². The highest BCUT2D eigenvalue weighted by molar-refractivity contribution is 6.31. The van der Waals surface area contributed by atoms with Crippen molar-refractivity contribution in [2.45, 2.75) is 25.3 Å². The third-order valence-corrected chi connectivity index (χ3v) is 3.52. The summed E-state index contributed by atoms with van der Waals surface area (Å²) in [6.45, 7) is 0.155. The van der Waals surface area contributed by atoms with Crippen molar-refractivity contribution < 1.29 is 5.11 Å². The van der Waals surface area contributed by atoms with Gasteiger partial charge in [0.05, 0.1) is 24.5 Å². The molecule has 2 aromatic rings. The monoisotopic (exact) mass is 286 g/mol. The van der Waals surface area contributed by atoms with E-state index in [-0.39, 0.29) is 6.61 Å². The van der Waals surface area contributed by atoms with Gasteiger partial charge in [-0.05, 0) is 30.4 Å². The first-order valence-electron chi connectivity index (χ1n) is 6.85. The Labute approximate surface area is 122 Å². The van der Waals surface area contributed by atoms with Crippen molar-refractivity contribution in [1.29, 1.82) is 0 Å². The number of aliphatic hydroxyl groups excluding tert-OH is 1. The zero-order chi connectivity index (χ0) is 14.8. The van der Waals surface area contributed by atoms with Crippen molar-refractivity contribution >= 4 is 23.3 Å². The molecule has 0 radical (unpaired) electrons. The quantitative estimate of drug-likeness (QED) is 0.426. The van der Waals surface area contributed by atoms with Gasteiger partial charge in [0.2, 0.25) is 0 Å². The minimum Gasteiger partial charge on any atom is -0.396 e. The molecule has 1 aliphatic carbocycles. The van der Waals surface area contributed by atoms with Gasteiger partial charge in [0, 0.05) is 18.6 Å². The number of hydrazone groups is 1. The number of aliphatic hydroxyl groups is 1. The van der Waals surface area contributed by atoms with Crippen LogP contribution in [-0.2, 0) is 6.54 Å². The number of anilines is 1. The van der Waals surface area contributed by atoms with Gasteiger partial charge in [0.25, 0.3) is 0 Å². The maximum Gasteiger partial charge on any atom is 0.160 e. The van der Waals surface area contributed by atoms with Crippen LogP contribution in [0.4, 0.5) is 5.69 Å². The van der Waals surface area contributed by atoms with Gasteiger partial charge in [-0.1, -0.05) is 0 Å². The lowest BCUT2D eigenvalue weighted by Crippen LogP contribution is -2.08. The Morgan fingerprint density at radius 2 is 2.29 bits per heavy atom. The van der Waals surface area contributed by atoms with E-state index >= 15 is 0 Å². The first kappa shape index (κ1) is 13.6. The molecule has 3 rings (SSSR count). The fourth-order valence-electron chi connectivity index (χ4n) is 2.27. The normalized spacial score (nSPS) is 16.1. The molecule has 21 heavy (non-hydrogen) atoms. The molecule has 0 spiro atoms. The summed E-state index contributed by atoms with van der Waals surface area (Å²) in [6, 6.07) is 2.01. The lowest BCUT2D eigenvalue weighted by Gasteiger charge is -2.02. The lowest BCUT2D eigenvalue weighted by molar-refractivity contribution is 0.359. The number of rotatable bonds is 5. The molecule has 0 bridgehead atoms. The summed E-state index contributed by atoms with van der Waals surface area (Å²) in [5.41, 5.74) is 9.91. The zero-order valence-corrected chi connectivity index (χ0v) is 11.6. The molecule has 1 aliphatic rings. The second-order valence-corrected chi connectivity index (χ2v) is 5.21. The van der Waals surface area contributed by atoms with Gasteiger partial charge < -0.3 is 21.1 Å². The van der Waals surface area contributed by atoms with Crippen LogP contribution in [-0.4, -0.2) is 33.0 Å². The van der Waals surface area contributed by atoms with Gasteiger partial charge in [-0.25, -0.2) is 4.98 Å². The van der Waals surface area contributed by atoms with Crippen molar-refractivity contribution in [1.82, 2.24) is 9.38 Å². The molecule has 0 saturated heterocycles. The Bertz CT molecular complexity index is 714. The van der Waals surface area contributed by atoms with Crippen LogP contribution >= 0.6 is 0 Å². The third kappa shape index (κ3) is 2.87. The van der Waals surface area contributed by atoms with E-state index in [4.69, 9.17) is 16.7 Å². The predicted octanol–water partition coefficient (Wildman–Crippen LogP) is 0.672. The average molecular weight is 286 g/mol. The molecule has 0 amide bonds. The van der Waals surface area contributed by atoms with E-state index in [0.717, 1.165) is 11.3 Å². The fraction of sp³-hybridized carbons (Fsp3) is 0.357. The first-order valence-corrected chi connectivity index (χ1v) is 6.85. The SMILES string of the molecule is NN=C(C=NCc1cn2cc(C3CC3)cc(N)c2n1)CO. The van der Waals surface area contributed by atoms with Crippen LogP contribution in [0.5, 0.6) is 0 Å². The summed E-state index contributed by atoms with van der Waals surface area (Å²) in [6.07, 6.45) is 7.93. The van der Waals surface area contributed by atoms with E-state index in [9.17, 15) is 0 Å². The van der Waals surface area contributed by atoms with Crippen molar-refractivity contribution in [2.75, 3.05) is 12.3 Å². The largest absolute Gasteiger partial charge is 0.396 e. The van der Waals surface area contributed by atoms with Gasteiger partial charge >= 0.3 is 0 Å². The Morgan fingerprint density at radius 1 is 1.48 bits per heavy atom. The smallest absolute Gasteiger partial charge is 0.160 e. The number of hydrogen-bond acceptors (Lipinski definition) is 6. The van der Waals surface area contributed by atoms with E-state index in [2.05, 4.69) is 21.3 Å². The number of aliphatic imine (C=N–C) groups is 1. The van der Waals surface area contributed by atoms with Gasteiger partial charge in [-0.15, -0.1) is 0 Å². The molecule has 7 nitrogen and oxygen atoms in total. The summed E-state index contributed by atoms with van der Waals surface area (Å²) < 4.78 is 1.96. The van der Waals surface area contributed by atoms with E-state index in [0.29, 0.717) is 23.9 Å². The molecule has 0 unspecified atom stereocenters. The summed E-state index contributed by atoms with van der Waals surface area (Å²) in [4.78, 5) is 8.64. The molecule has 0 atom stereocenters. The maximum atomic E-state index is 8.92. The molecule has 2 aromatic heterocycles. The van der Waals surface area contributed by atoms with Crippen LogP contribution in [0, 0.1) is 0 Å². The molecule has 0 aromatic carbocycles. The van der Waals surface area contributed by atoms with E-state index in [1.807, 2.05) is 16.7 Å². The Balaban J connectivity index is 1.82. The predicted molar refractivity (Wildman–Crippen MR) is 82.5 cm³/mol. The standard InChI is InChI=1S/C14H18N6O/c15-13-3-10(9-1-2-9)6-20-7-11(18-14(13)20)4-17-5-12(8-21)19-16/h3,5-7,9,21H,1-2,4,8,15-16H2. The lowest BCUT2D eigenvalue weighted by atomic mass is 10.2. The van der Waals surface area contributed by atoms with Gasteiger partial charge in [-0.3, -0.25) is 4.99 Å². The highest BCUT2D eigenvalue weighted by atomic mass is 16.3. The second-order valence-electron chi connectivity index (χ2n) is 5.21. The Morgan fingerprint density at radius 3 is 2.95 bits per heavy atom. The average Bonchev–Trinajstić information content (AvgIpc) is 3.24. The van der Waals surface area contributed by atoms with Crippen LogP contribution < -0.4 is 11.6 Å². The Hall–Kier alpha value is -2.41. The van der Waals surface area contributed by atoms with Gasteiger partial charge in [0.15, 0.2) is 5.65 Å². The zero-order valence-electron chi connectivity index (χ0n) is 11.6. The second kappa shape index (κ2) is 5.53. The van der Waals surface area contributed by atoms with Crippen molar-refractivity contribution in [3.63, 3.8) is 0 Å². The number of nitrogens with two attached hydrogens (primary N) is 2. The molecule has 1 fully saturated rings. The van der Waals surface area contributed by atoms with Crippen molar-refractivity contribution in [2.24, 2.45) is 15.9 Å². The molecule has 5 N–H and O–H groups in total. The maximum absolute atomic E-state index is 8.92. The topological polar surface area (TPSA) is 114 Å². The molecular weight excluding hydrogens is 268 g/mol. The fourth-order valence-corrected chi connectivity index (χ4v) is 2.27. The molecule has 7 heteroatoms. The molecule has 1 saturated carbocycles. The summed E-state index contributed by atoms with van der Waals surface area (Å²) in [7, 11) is 0. The summed E-state index contributed by atoms with van der Waals surface area (Å²) >= 11 is 0. The van der Waals surface area contributed by atoms with Gasteiger partial charge in [-0.2, -0.15) is 5.10 Å². The van der Waals surface area contributed by atoms with Crippen molar-refractivity contribution in [3.05, 3.63) is 29.7 Å². The van der Waals surface area contributed by atoms with Crippen molar-refractivity contribution in [3.8, 4) is 0 Å². The first-order chi connectivity index (χ1) is 10.2. The van der Waals surface area contributed by atoms with Crippen LogP contribution in [0.15, 0.2) is 28.6 Å². The summed E-state index contributed by atoms with van der Waals surface area (Å²) in [5, 5.41) is 12.3. The number of nitrogen functional groups attached to an aromatic ring is 1. The number of hydrogen-bond donors (Lipinski definition) is 3. The third-order valence-electron chi connectivity index (χ3n) is 3.52. The van der Waals surface area contributed by atoms with Crippen LogP contribution in [0.25, 0.3) is 5.65 Å². The molecule has 110 valence electrons. The van der Waals surface area contributed by atoms with Crippen LogP contribution in [0.2, 0.25) is 0 Å². The van der Waals surface area contributed by atoms with E-state index in [1.54, 1.807) is 0 Å². The Kier molecular flexibility index (Phi) is 3.57. The minimum atomic E-state index is -0.233. The molecule has 2 heterocycles. The van der Waals surface area contributed by atoms with Crippen LogP contribution in [0.1, 0.15) is 30.0 Å². The minimum absolute atomic E-state index is 0.233. The number of nitrogens with zero attached hydrogens (tertiary/aromatic N) is 4. The van der Waals surface area contributed by atoms with Crippen LogP contribution in [0.3, 0.4) is 0 Å². The summed E-state index contributed by atoms with van der Waals surface area (Å²) in [5.74, 6) is 5.74. The number of imidazole rings is 1.